The van der Waals surface area contributed by atoms with Crippen LogP contribution in [-0.4, -0.2) is 98.4 Å². The number of carboxylic acids is 1. The summed E-state index contributed by atoms with van der Waals surface area (Å²) in [5.41, 5.74) is 5.84. The van der Waals surface area contributed by atoms with Gasteiger partial charge < -0.3 is 24.6 Å². The van der Waals surface area contributed by atoms with Crippen LogP contribution in [0.4, 0.5) is 29.1 Å². The molecule has 1 aliphatic heterocycles. The lowest BCUT2D eigenvalue weighted by Gasteiger charge is -2.33. The van der Waals surface area contributed by atoms with E-state index in [1.807, 2.05) is 55.3 Å². The summed E-state index contributed by atoms with van der Waals surface area (Å²) < 4.78 is 67.3. The number of nitrogens with one attached hydrogen (secondary N) is 1. The van der Waals surface area contributed by atoms with Gasteiger partial charge in [-0.1, -0.05) is 41.9 Å². The molecule has 0 unspecified atom stereocenters. The van der Waals surface area contributed by atoms with Gasteiger partial charge in [-0.2, -0.15) is 27.5 Å². The Morgan fingerprint density at radius 2 is 1.73 bits per heavy atom. The number of carboxylic acid groups (broad SMARTS) is 1. The Balaban J connectivity index is 1.13. The normalized spacial score (nSPS) is 18.6. The highest BCUT2D eigenvalue weighted by molar-refractivity contribution is 6.36. The maximum atomic E-state index is 13.4. The SMILES string of the molecule is COc1nc(-c2cccc(-c3cccc(Nc4nc(OC(F)F)nc5cc(CN6CC[C@@H](OC(F)F)C6)cnc45)c3C)c2Cl)cnc1CN(C)C1CCC(C(=O)O)CC1. The van der Waals surface area contributed by atoms with Gasteiger partial charge in [0.2, 0.25) is 5.88 Å². The minimum atomic E-state index is -3.17. The van der Waals surface area contributed by atoms with E-state index >= 15 is 0 Å². The third-order valence-electron chi connectivity index (χ3n) is 10.9. The van der Waals surface area contributed by atoms with Crippen molar-refractivity contribution in [2.75, 3.05) is 32.6 Å². The molecule has 0 radical (unpaired) electrons. The predicted octanol–water partition coefficient (Wildman–Crippen LogP) is 8.35. The molecular weight excluding hydrogens is 796 g/mol. The number of aromatic nitrogens is 5. The standard InChI is InChI=1S/C41H43ClF4N8O5/c1-22-27(28-7-4-8-29(34(28)42)32-18-47-33(37(50-32)57-3)21-53(2)25-12-10-24(11-13-25)38(55)56)6-5-9-30(22)49-36-35-31(51-41(52-36)59-40(45)46)16-23(17-48-35)19-54-15-14-26(20-54)58-39(43)44/h4-9,16-18,24-26,39-40H,10-15,19-21H2,1-3H3,(H,55,56)(H,49,51,52)/t24?,25?,26-/m1/s1. The molecule has 2 aromatic carbocycles. The molecular formula is C41H43ClF4N8O5. The highest BCUT2D eigenvalue weighted by atomic mass is 35.5. The Hall–Kier alpha value is -5.23. The number of methoxy groups -OCH3 is 1. The number of ether oxygens (including phenoxy) is 3. The van der Waals surface area contributed by atoms with E-state index in [0.29, 0.717) is 95.6 Å². The Kier molecular flexibility index (Phi) is 13.0. The molecule has 1 saturated heterocycles. The Labute approximate surface area is 342 Å². The van der Waals surface area contributed by atoms with E-state index in [1.165, 1.54) is 7.11 Å². The van der Waals surface area contributed by atoms with Crippen molar-refractivity contribution in [3.8, 4) is 34.3 Å². The molecule has 1 saturated carbocycles. The first-order valence-electron chi connectivity index (χ1n) is 19.1. The van der Waals surface area contributed by atoms with Crippen molar-refractivity contribution in [2.24, 2.45) is 5.92 Å². The lowest BCUT2D eigenvalue weighted by Crippen LogP contribution is -2.36. The second-order valence-corrected chi connectivity index (χ2v) is 15.1. The smallest absolute Gasteiger partial charge is 0.389 e. The molecule has 2 N–H and O–H groups in total. The number of hydrogen-bond acceptors (Lipinski definition) is 12. The summed E-state index contributed by atoms with van der Waals surface area (Å²) in [5.74, 6) is -0.550. The summed E-state index contributed by atoms with van der Waals surface area (Å²) in [4.78, 5) is 38.0. The Morgan fingerprint density at radius 1 is 0.983 bits per heavy atom. The van der Waals surface area contributed by atoms with Crippen LogP contribution in [0.15, 0.2) is 54.9 Å². The first-order valence-corrected chi connectivity index (χ1v) is 19.5. The molecule has 13 nitrogen and oxygen atoms in total. The number of anilines is 2. The number of benzene rings is 2. The zero-order valence-electron chi connectivity index (χ0n) is 32.5. The lowest BCUT2D eigenvalue weighted by atomic mass is 9.85. The summed E-state index contributed by atoms with van der Waals surface area (Å²) in [5, 5.41) is 13.0. The average Bonchev–Trinajstić information content (AvgIpc) is 3.64. The molecule has 18 heteroatoms. The fourth-order valence-electron chi connectivity index (χ4n) is 7.86. The van der Waals surface area contributed by atoms with E-state index < -0.39 is 31.3 Å². The molecule has 2 fully saturated rings. The average molecular weight is 839 g/mol. The van der Waals surface area contributed by atoms with Gasteiger partial charge >= 0.3 is 25.2 Å². The first-order chi connectivity index (χ1) is 28.4. The highest BCUT2D eigenvalue weighted by Crippen LogP contribution is 2.40. The number of fused-ring (bicyclic) bond motifs is 1. The zero-order chi connectivity index (χ0) is 41.8. The fraction of sp³-hybridized carbons (Fsp3) is 0.415. The zero-order valence-corrected chi connectivity index (χ0v) is 33.3. The van der Waals surface area contributed by atoms with E-state index in [1.54, 1.807) is 18.5 Å². The summed E-state index contributed by atoms with van der Waals surface area (Å²) >= 11 is 7.13. The second-order valence-electron chi connectivity index (χ2n) is 14.7. The van der Waals surface area contributed by atoms with Crippen molar-refractivity contribution in [3.05, 3.63) is 76.7 Å². The van der Waals surface area contributed by atoms with Crippen molar-refractivity contribution in [1.29, 1.82) is 0 Å². The van der Waals surface area contributed by atoms with Crippen LogP contribution >= 0.6 is 11.6 Å². The van der Waals surface area contributed by atoms with Crippen LogP contribution in [0.5, 0.6) is 11.9 Å². The third-order valence-corrected chi connectivity index (χ3v) is 11.3. The first kappa shape index (κ1) is 41.9. The van der Waals surface area contributed by atoms with Gasteiger partial charge in [-0.25, -0.2) is 4.98 Å². The molecule has 4 heterocycles. The van der Waals surface area contributed by atoms with Crippen LogP contribution in [0.25, 0.3) is 33.4 Å². The number of rotatable bonds is 15. The van der Waals surface area contributed by atoms with Gasteiger partial charge in [0.15, 0.2) is 5.82 Å². The van der Waals surface area contributed by atoms with E-state index in [4.69, 9.17) is 26.3 Å². The summed E-state index contributed by atoms with van der Waals surface area (Å²) in [6.07, 6.45) is 5.98. The molecule has 0 bridgehead atoms. The van der Waals surface area contributed by atoms with E-state index in [2.05, 4.69) is 34.6 Å². The van der Waals surface area contributed by atoms with Gasteiger partial charge in [0.25, 0.3) is 0 Å². The van der Waals surface area contributed by atoms with Crippen LogP contribution in [0.2, 0.25) is 5.02 Å². The van der Waals surface area contributed by atoms with Gasteiger partial charge in [-0.05, 0) is 74.9 Å². The molecule has 5 aromatic rings. The van der Waals surface area contributed by atoms with Crippen molar-refractivity contribution >= 4 is 40.1 Å². The molecule has 0 amide bonds. The van der Waals surface area contributed by atoms with Crippen LogP contribution in [0, 0.1) is 12.8 Å². The van der Waals surface area contributed by atoms with Crippen molar-refractivity contribution in [2.45, 2.75) is 77.5 Å². The summed E-state index contributed by atoms with van der Waals surface area (Å²) in [6, 6.07) is 12.5. The number of carbonyl (C=O) groups is 1. The van der Waals surface area contributed by atoms with Crippen molar-refractivity contribution < 1.29 is 41.7 Å². The van der Waals surface area contributed by atoms with Gasteiger partial charge in [0.05, 0.1) is 41.6 Å². The van der Waals surface area contributed by atoms with Gasteiger partial charge in [-0.15, -0.1) is 0 Å². The number of aliphatic carboxylic acids is 1. The van der Waals surface area contributed by atoms with E-state index in [9.17, 15) is 27.5 Å². The second kappa shape index (κ2) is 18.4. The van der Waals surface area contributed by atoms with Crippen molar-refractivity contribution in [3.63, 3.8) is 0 Å². The van der Waals surface area contributed by atoms with E-state index in [0.717, 1.165) is 24.0 Å². The quantitative estimate of drug-likeness (QED) is 0.0975. The Bertz CT molecular complexity index is 2300. The number of likely N-dealkylation sites (tertiary alicyclic amines) is 1. The molecule has 2 aliphatic rings. The summed E-state index contributed by atoms with van der Waals surface area (Å²) in [6.45, 7) is -2.45. The number of pyridine rings is 1. The third kappa shape index (κ3) is 9.81. The molecule has 1 atom stereocenters. The maximum absolute atomic E-state index is 13.4. The summed E-state index contributed by atoms with van der Waals surface area (Å²) in [7, 11) is 3.53. The number of alkyl halides is 4. The van der Waals surface area contributed by atoms with Gasteiger partial charge in [-0.3, -0.25) is 24.6 Å². The molecule has 59 heavy (non-hydrogen) atoms. The van der Waals surface area contributed by atoms with E-state index in [-0.39, 0.29) is 23.3 Å². The Morgan fingerprint density at radius 3 is 2.46 bits per heavy atom. The van der Waals surface area contributed by atoms with Gasteiger partial charge in [0, 0.05) is 55.2 Å². The van der Waals surface area contributed by atoms with Crippen LogP contribution < -0.4 is 14.8 Å². The molecule has 0 spiro atoms. The van der Waals surface area contributed by atoms with Crippen LogP contribution in [0.3, 0.4) is 0 Å². The van der Waals surface area contributed by atoms with Crippen molar-refractivity contribution in [1.82, 2.24) is 34.7 Å². The maximum Gasteiger partial charge on any atom is 0.389 e. The minimum Gasteiger partial charge on any atom is -0.481 e. The highest BCUT2D eigenvalue weighted by Gasteiger charge is 2.29. The fourth-order valence-corrected chi connectivity index (χ4v) is 8.18. The van der Waals surface area contributed by atoms with Crippen LogP contribution in [0.1, 0.15) is 48.9 Å². The number of nitrogens with zero attached hydrogens (tertiary/aromatic N) is 7. The van der Waals surface area contributed by atoms with Gasteiger partial charge in [0.1, 0.15) is 11.2 Å². The lowest BCUT2D eigenvalue weighted by molar-refractivity contribution is -0.158. The molecule has 3 aromatic heterocycles. The number of hydrogen-bond donors (Lipinski definition) is 2. The topological polar surface area (TPSA) is 148 Å². The minimum absolute atomic E-state index is 0.130. The largest absolute Gasteiger partial charge is 0.481 e. The monoisotopic (exact) mass is 838 g/mol. The molecule has 7 rings (SSSR count). The molecule has 1 aliphatic carbocycles. The molecule has 312 valence electrons. The predicted molar refractivity (Wildman–Crippen MR) is 212 cm³/mol. The number of halogens is 5. The van der Waals surface area contributed by atoms with Crippen LogP contribution in [-0.2, 0) is 22.6 Å².